The van der Waals surface area contributed by atoms with Gasteiger partial charge in [0.1, 0.15) is 12.3 Å². The van der Waals surface area contributed by atoms with Crippen LogP contribution in [0.25, 0.3) is 0 Å². The van der Waals surface area contributed by atoms with Gasteiger partial charge in [0.15, 0.2) is 0 Å². The maximum absolute atomic E-state index is 12.5. The second kappa shape index (κ2) is 8.81. The Hall–Kier alpha value is -2.67. The van der Waals surface area contributed by atoms with Gasteiger partial charge in [-0.2, -0.15) is 0 Å². The SMILES string of the molecule is COc1cccc(CN2CCN(C(=O)Nc3ccc(SC)cc3)CC2=O)c1. The second-order valence-corrected chi connectivity index (χ2v) is 7.13. The Balaban J connectivity index is 1.55. The van der Waals surface area contributed by atoms with E-state index in [2.05, 4.69) is 5.32 Å². The van der Waals surface area contributed by atoms with Gasteiger partial charge in [0, 0.05) is 30.2 Å². The molecule has 6 nitrogen and oxygen atoms in total. The van der Waals surface area contributed by atoms with Gasteiger partial charge in [-0.15, -0.1) is 11.8 Å². The van der Waals surface area contributed by atoms with Crippen molar-refractivity contribution in [1.82, 2.24) is 9.80 Å². The van der Waals surface area contributed by atoms with Crippen molar-refractivity contribution in [3.8, 4) is 5.75 Å². The average Bonchev–Trinajstić information content (AvgIpc) is 2.70. The highest BCUT2D eigenvalue weighted by atomic mass is 32.2. The van der Waals surface area contributed by atoms with Gasteiger partial charge in [0.25, 0.3) is 0 Å². The van der Waals surface area contributed by atoms with Gasteiger partial charge >= 0.3 is 6.03 Å². The molecule has 0 saturated carbocycles. The lowest BCUT2D eigenvalue weighted by atomic mass is 10.2. The van der Waals surface area contributed by atoms with E-state index in [1.807, 2.05) is 54.8 Å². The van der Waals surface area contributed by atoms with Crippen LogP contribution >= 0.6 is 11.8 Å². The Morgan fingerprint density at radius 2 is 1.96 bits per heavy atom. The molecule has 0 unspecified atom stereocenters. The molecule has 0 bridgehead atoms. The van der Waals surface area contributed by atoms with Gasteiger partial charge in [0.05, 0.1) is 7.11 Å². The first-order valence-corrected chi connectivity index (χ1v) is 9.92. The van der Waals surface area contributed by atoms with Crippen LogP contribution in [0.5, 0.6) is 5.75 Å². The quantitative estimate of drug-likeness (QED) is 0.803. The molecular weight excluding hydrogens is 362 g/mol. The minimum Gasteiger partial charge on any atom is -0.497 e. The van der Waals surface area contributed by atoms with Crippen molar-refractivity contribution in [2.75, 3.05) is 38.3 Å². The van der Waals surface area contributed by atoms with Crippen LogP contribution in [0.2, 0.25) is 0 Å². The molecule has 142 valence electrons. The molecular formula is C20H23N3O3S. The number of ether oxygens (including phenoxy) is 1. The summed E-state index contributed by atoms with van der Waals surface area (Å²) >= 11 is 1.65. The van der Waals surface area contributed by atoms with Gasteiger partial charge in [-0.25, -0.2) is 4.79 Å². The number of rotatable bonds is 5. The van der Waals surface area contributed by atoms with E-state index in [9.17, 15) is 9.59 Å². The van der Waals surface area contributed by atoms with E-state index in [1.54, 1.807) is 28.7 Å². The molecule has 2 aromatic rings. The molecule has 1 fully saturated rings. The summed E-state index contributed by atoms with van der Waals surface area (Å²) in [6.45, 7) is 1.61. The Morgan fingerprint density at radius 1 is 1.19 bits per heavy atom. The fraction of sp³-hybridized carbons (Fsp3) is 0.300. The van der Waals surface area contributed by atoms with Crippen LogP contribution in [-0.4, -0.2) is 54.7 Å². The summed E-state index contributed by atoms with van der Waals surface area (Å²) in [5.41, 5.74) is 1.73. The van der Waals surface area contributed by atoms with Gasteiger partial charge in [-0.05, 0) is 48.2 Å². The highest BCUT2D eigenvalue weighted by Crippen LogP contribution is 2.19. The number of nitrogens with zero attached hydrogens (tertiary/aromatic N) is 2. The number of amides is 3. The lowest BCUT2D eigenvalue weighted by Crippen LogP contribution is -2.52. The van der Waals surface area contributed by atoms with E-state index in [-0.39, 0.29) is 18.5 Å². The van der Waals surface area contributed by atoms with Crippen molar-refractivity contribution >= 4 is 29.4 Å². The predicted molar refractivity (Wildman–Crippen MR) is 107 cm³/mol. The lowest BCUT2D eigenvalue weighted by molar-refractivity contribution is -0.135. The normalized spacial score (nSPS) is 14.2. The molecule has 1 aliphatic rings. The number of carbonyl (C=O) groups excluding carboxylic acids is 2. The van der Waals surface area contributed by atoms with Crippen molar-refractivity contribution in [3.63, 3.8) is 0 Å². The molecule has 1 saturated heterocycles. The molecule has 0 aromatic heterocycles. The smallest absolute Gasteiger partial charge is 0.322 e. The van der Waals surface area contributed by atoms with Gasteiger partial charge in [-0.1, -0.05) is 12.1 Å². The van der Waals surface area contributed by atoms with Crippen LogP contribution in [-0.2, 0) is 11.3 Å². The Labute approximate surface area is 163 Å². The minimum atomic E-state index is -0.249. The number of thioether (sulfide) groups is 1. The van der Waals surface area contributed by atoms with Crippen molar-refractivity contribution in [2.45, 2.75) is 11.4 Å². The van der Waals surface area contributed by atoms with E-state index >= 15 is 0 Å². The molecule has 0 aliphatic carbocycles. The number of nitrogens with one attached hydrogen (secondary N) is 1. The Bertz CT molecular complexity index is 810. The number of benzene rings is 2. The highest BCUT2D eigenvalue weighted by molar-refractivity contribution is 7.98. The fourth-order valence-electron chi connectivity index (χ4n) is 2.92. The number of methoxy groups -OCH3 is 1. The zero-order valence-corrected chi connectivity index (χ0v) is 16.3. The molecule has 27 heavy (non-hydrogen) atoms. The summed E-state index contributed by atoms with van der Waals surface area (Å²) in [5.74, 6) is 0.711. The number of anilines is 1. The summed E-state index contributed by atoms with van der Waals surface area (Å²) in [6.07, 6.45) is 2.00. The van der Waals surface area contributed by atoms with Crippen LogP contribution in [0, 0.1) is 0 Å². The third kappa shape index (κ3) is 4.95. The van der Waals surface area contributed by atoms with Crippen LogP contribution < -0.4 is 10.1 Å². The first-order valence-electron chi connectivity index (χ1n) is 8.69. The lowest BCUT2D eigenvalue weighted by Gasteiger charge is -2.34. The van der Waals surface area contributed by atoms with E-state index in [4.69, 9.17) is 4.74 Å². The van der Waals surface area contributed by atoms with E-state index in [0.717, 1.165) is 21.9 Å². The molecule has 3 rings (SSSR count). The number of hydrogen-bond acceptors (Lipinski definition) is 4. The molecule has 7 heteroatoms. The Morgan fingerprint density at radius 3 is 2.63 bits per heavy atom. The molecule has 1 heterocycles. The molecule has 2 aromatic carbocycles. The number of piperazine rings is 1. The zero-order chi connectivity index (χ0) is 19.2. The Kier molecular flexibility index (Phi) is 6.24. The van der Waals surface area contributed by atoms with E-state index in [0.29, 0.717) is 19.6 Å². The number of hydrogen-bond donors (Lipinski definition) is 1. The standard InChI is InChI=1S/C20H23N3O3S/c1-26-17-5-3-4-15(12-17)13-22-10-11-23(14-19(22)24)20(25)21-16-6-8-18(27-2)9-7-16/h3-9,12H,10-11,13-14H2,1-2H3,(H,21,25). The van der Waals surface area contributed by atoms with E-state index < -0.39 is 0 Å². The molecule has 1 aliphatic heterocycles. The molecule has 3 amide bonds. The second-order valence-electron chi connectivity index (χ2n) is 6.25. The monoisotopic (exact) mass is 385 g/mol. The molecule has 0 spiro atoms. The first-order chi connectivity index (χ1) is 13.1. The minimum absolute atomic E-state index is 0.0584. The third-order valence-electron chi connectivity index (χ3n) is 4.45. The van der Waals surface area contributed by atoms with E-state index in [1.165, 1.54) is 0 Å². The fourth-order valence-corrected chi connectivity index (χ4v) is 3.33. The summed E-state index contributed by atoms with van der Waals surface area (Å²) in [7, 11) is 1.62. The summed E-state index contributed by atoms with van der Waals surface area (Å²) < 4.78 is 5.22. The zero-order valence-electron chi connectivity index (χ0n) is 15.5. The summed E-state index contributed by atoms with van der Waals surface area (Å²) in [4.78, 5) is 29.4. The van der Waals surface area contributed by atoms with Crippen LogP contribution in [0.4, 0.5) is 10.5 Å². The van der Waals surface area contributed by atoms with Crippen LogP contribution in [0.1, 0.15) is 5.56 Å². The molecule has 0 atom stereocenters. The molecule has 1 N–H and O–H groups in total. The number of urea groups is 1. The first kappa shape index (κ1) is 19.1. The maximum atomic E-state index is 12.5. The topological polar surface area (TPSA) is 61.9 Å². The van der Waals surface area contributed by atoms with Crippen molar-refractivity contribution < 1.29 is 14.3 Å². The predicted octanol–water partition coefficient (Wildman–Crippen LogP) is 3.29. The highest BCUT2D eigenvalue weighted by Gasteiger charge is 2.27. The van der Waals surface area contributed by atoms with Crippen molar-refractivity contribution in [3.05, 3.63) is 54.1 Å². The summed E-state index contributed by atoms with van der Waals surface area (Å²) in [6, 6.07) is 15.1. The number of carbonyl (C=O) groups is 2. The average molecular weight is 385 g/mol. The maximum Gasteiger partial charge on any atom is 0.322 e. The van der Waals surface area contributed by atoms with Gasteiger partial charge in [0.2, 0.25) is 5.91 Å². The van der Waals surface area contributed by atoms with Gasteiger partial charge < -0.3 is 19.9 Å². The third-order valence-corrected chi connectivity index (χ3v) is 5.20. The largest absolute Gasteiger partial charge is 0.497 e. The molecule has 0 radical (unpaired) electrons. The van der Waals surface area contributed by atoms with Crippen LogP contribution in [0.3, 0.4) is 0 Å². The summed E-state index contributed by atoms with van der Waals surface area (Å²) in [5, 5.41) is 2.85. The van der Waals surface area contributed by atoms with Gasteiger partial charge in [-0.3, -0.25) is 4.79 Å². The van der Waals surface area contributed by atoms with Crippen LogP contribution in [0.15, 0.2) is 53.4 Å². The van der Waals surface area contributed by atoms with Crippen molar-refractivity contribution in [1.29, 1.82) is 0 Å². The van der Waals surface area contributed by atoms with Crippen molar-refractivity contribution in [2.24, 2.45) is 0 Å².